The molecule has 0 N–H and O–H groups in total. The summed E-state index contributed by atoms with van der Waals surface area (Å²) in [6, 6.07) is 11.7. The molecule has 0 radical (unpaired) electrons. The van der Waals surface area contributed by atoms with Gasteiger partial charge in [-0.1, -0.05) is 67.1 Å². The molecule has 0 amide bonds. The molecule has 2 aromatic carbocycles. The summed E-state index contributed by atoms with van der Waals surface area (Å²) in [5, 5.41) is 0. The third-order valence-electron chi connectivity index (χ3n) is 8.37. The van der Waals surface area contributed by atoms with E-state index in [0.717, 1.165) is 29.7 Å². The highest BCUT2D eigenvalue weighted by molar-refractivity contribution is 5.65. The zero-order valence-corrected chi connectivity index (χ0v) is 20.9. The molecule has 2 heteroatoms. The van der Waals surface area contributed by atoms with Crippen LogP contribution in [0.25, 0.3) is 11.1 Å². The molecule has 4 rings (SSSR count). The van der Waals surface area contributed by atoms with Crippen molar-refractivity contribution < 1.29 is 8.78 Å². The molecule has 34 heavy (non-hydrogen) atoms. The van der Waals surface area contributed by atoms with Crippen LogP contribution >= 0.6 is 0 Å². The number of hydrogen-bond donors (Lipinski definition) is 0. The lowest BCUT2D eigenvalue weighted by Crippen LogP contribution is -2.30. The largest absolute Gasteiger partial charge is 0.203 e. The van der Waals surface area contributed by atoms with E-state index in [9.17, 15) is 8.78 Å². The molecule has 0 nitrogen and oxygen atoms in total. The molecule has 4 atom stereocenters. The number of fused-ring (bicyclic) bond motifs is 1. The minimum atomic E-state index is -0.725. The van der Waals surface area contributed by atoms with Gasteiger partial charge in [0.2, 0.25) is 0 Å². The Bertz CT molecular complexity index is 985. The van der Waals surface area contributed by atoms with Crippen molar-refractivity contribution in [3.8, 4) is 11.1 Å². The van der Waals surface area contributed by atoms with Crippen LogP contribution in [0.15, 0.2) is 60.7 Å². The molecule has 2 aliphatic rings. The van der Waals surface area contributed by atoms with E-state index in [-0.39, 0.29) is 0 Å². The van der Waals surface area contributed by atoms with Gasteiger partial charge in [-0.3, -0.25) is 0 Å². The molecular formula is C32H40F2. The Labute approximate surface area is 205 Å². The van der Waals surface area contributed by atoms with E-state index in [1.807, 2.05) is 31.2 Å². The van der Waals surface area contributed by atoms with Crippen LogP contribution in [0.2, 0.25) is 0 Å². The monoisotopic (exact) mass is 462 g/mol. The number of halogens is 2. The predicted octanol–water partition coefficient (Wildman–Crippen LogP) is 9.80. The van der Waals surface area contributed by atoms with Gasteiger partial charge in [-0.25, -0.2) is 8.78 Å². The standard InChI is InChI=1S/C32H40F2/c1-3-5-7-9-23-11-12-29-22-28(18-17-27(29)21-23)24-13-15-25(16-14-24)30-20-19-26(10-8-6-4-2)31(33)32(30)34/h3-6,13-16,19-20,23,27-29H,7-12,17-18,21-22H2,1-2H3/b5-3+,6-4+. The zero-order valence-electron chi connectivity index (χ0n) is 20.9. The van der Waals surface area contributed by atoms with Gasteiger partial charge < -0.3 is 0 Å². The molecule has 182 valence electrons. The van der Waals surface area contributed by atoms with Gasteiger partial charge in [0.15, 0.2) is 11.6 Å². The van der Waals surface area contributed by atoms with Crippen molar-refractivity contribution in [2.24, 2.45) is 17.8 Å². The Morgan fingerprint density at radius 1 is 0.765 bits per heavy atom. The van der Waals surface area contributed by atoms with Crippen LogP contribution in [0, 0.1) is 29.4 Å². The van der Waals surface area contributed by atoms with Crippen LogP contribution in [0.4, 0.5) is 8.78 Å². The Kier molecular flexibility index (Phi) is 8.75. The van der Waals surface area contributed by atoms with Gasteiger partial charge in [-0.2, -0.15) is 0 Å². The highest BCUT2D eigenvalue weighted by Crippen LogP contribution is 2.48. The molecule has 2 aromatic rings. The molecule has 2 fully saturated rings. The summed E-state index contributed by atoms with van der Waals surface area (Å²) < 4.78 is 29.4. The van der Waals surface area contributed by atoms with Crippen LogP contribution < -0.4 is 0 Å². The lowest BCUT2D eigenvalue weighted by Gasteiger charge is -2.42. The summed E-state index contributed by atoms with van der Waals surface area (Å²) >= 11 is 0. The van der Waals surface area contributed by atoms with Crippen molar-refractivity contribution in [2.75, 3.05) is 0 Å². The second-order valence-corrected chi connectivity index (χ2v) is 10.5. The zero-order chi connectivity index (χ0) is 23.9. The summed E-state index contributed by atoms with van der Waals surface area (Å²) in [7, 11) is 0. The topological polar surface area (TPSA) is 0 Å². The van der Waals surface area contributed by atoms with E-state index in [0.29, 0.717) is 23.5 Å². The maximum Gasteiger partial charge on any atom is 0.166 e. The van der Waals surface area contributed by atoms with Crippen molar-refractivity contribution >= 4 is 0 Å². The van der Waals surface area contributed by atoms with Gasteiger partial charge in [0.25, 0.3) is 0 Å². The highest BCUT2D eigenvalue weighted by Gasteiger charge is 2.35. The first kappa shape index (κ1) is 24.9. The Morgan fingerprint density at radius 2 is 1.47 bits per heavy atom. The first-order valence-electron chi connectivity index (χ1n) is 13.4. The van der Waals surface area contributed by atoms with Crippen molar-refractivity contribution in [1.82, 2.24) is 0 Å². The van der Waals surface area contributed by atoms with Crippen LogP contribution in [0.5, 0.6) is 0 Å². The van der Waals surface area contributed by atoms with Crippen molar-refractivity contribution in [3.05, 3.63) is 83.5 Å². The SMILES string of the molecule is C/C=C/CCc1ccc(-c2ccc(C3CCC4CC(CC/C=C/C)CCC4C3)cc2)c(F)c1F. The summed E-state index contributed by atoms with van der Waals surface area (Å²) in [5.41, 5.74) is 2.93. The molecular weight excluding hydrogens is 422 g/mol. The molecule has 0 aliphatic heterocycles. The molecule has 0 heterocycles. The average molecular weight is 463 g/mol. The summed E-state index contributed by atoms with van der Waals surface area (Å²) in [5.74, 6) is 1.85. The third-order valence-corrected chi connectivity index (χ3v) is 8.37. The fraction of sp³-hybridized carbons (Fsp3) is 0.500. The van der Waals surface area contributed by atoms with Gasteiger partial charge in [-0.05, 0) is 112 Å². The van der Waals surface area contributed by atoms with Gasteiger partial charge in [-0.15, -0.1) is 0 Å². The fourth-order valence-electron chi connectivity index (χ4n) is 6.40. The van der Waals surface area contributed by atoms with E-state index in [1.165, 1.54) is 56.9 Å². The molecule has 0 saturated heterocycles. The summed E-state index contributed by atoms with van der Waals surface area (Å²) in [6.07, 6.45) is 20.3. The molecule has 0 bridgehead atoms. The van der Waals surface area contributed by atoms with E-state index in [4.69, 9.17) is 0 Å². The first-order chi connectivity index (χ1) is 16.6. The minimum Gasteiger partial charge on any atom is -0.203 e. The third kappa shape index (κ3) is 5.88. The minimum absolute atomic E-state index is 0.360. The van der Waals surface area contributed by atoms with Gasteiger partial charge >= 0.3 is 0 Å². The van der Waals surface area contributed by atoms with E-state index < -0.39 is 11.6 Å². The maximum absolute atomic E-state index is 14.8. The fourth-order valence-corrected chi connectivity index (χ4v) is 6.40. The van der Waals surface area contributed by atoms with Crippen molar-refractivity contribution in [1.29, 1.82) is 0 Å². The van der Waals surface area contributed by atoms with E-state index in [2.05, 4.69) is 31.2 Å². The molecule has 4 unspecified atom stereocenters. The number of allylic oxidation sites excluding steroid dienone is 4. The maximum atomic E-state index is 14.8. The van der Waals surface area contributed by atoms with Gasteiger partial charge in [0.1, 0.15) is 0 Å². The lowest BCUT2D eigenvalue weighted by atomic mass is 9.63. The van der Waals surface area contributed by atoms with Gasteiger partial charge in [0, 0.05) is 5.56 Å². The van der Waals surface area contributed by atoms with Crippen LogP contribution in [-0.2, 0) is 6.42 Å². The molecule has 2 saturated carbocycles. The van der Waals surface area contributed by atoms with E-state index in [1.54, 1.807) is 12.1 Å². The Morgan fingerprint density at radius 3 is 2.24 bits per heavy atom. The second kappa shape index (κ2) is 12.0. The smallest absolute Gasteiger partial charge is 0.166 e. The Balaban J connectivity index is 1.38. The van der Waals surface area contributed by atoms with Crippen LogP contribution in [0.1, 0.15) is 88.7 Å². The summed E-state index contributed by atoms with van der Waals surface area (Å²) in [6.45, 7) is 4.05. The second-order valence-electron chi connectivity index (χ2n) is 10.5. The summed E-state index contributed by atoms with van der Waals surface area (Å²) in [4.78, 5) is 0. The van der Waals surface area contributed by atoms with Gasteiger partial charge in [0.05, 0.1) is 0 Å². The number of hydrogen-bond acceptors (Lipinski definition) is 0. The lowest BCUT2D eigenvalue weighted by molar-refractivity contribution is 0.115. The number of rotatable bonds is 8. The molecule has 2 aliphatic carbocycles. The highest BCUT2D eigenvalue weighted by atomic mass is 19.2. The quantitative estimate of drug-likeness (QED) is 0.342. The van der Waals surface area contributed by atoms with Crippen molar-refractivity contribution in [2.45, 2.75) is 84.0 Å². The average Bonchev–Trinajstić information content (AvgIpc) is 2.87. The predicted molar refractivity (Wildman–Crippen MR) is 140 cm³/mol. The first-order valence-corrected chi connectivity index (χ1v) is 13.4. The van der Waals surface area contributed by atoms with Crippen LogP contribution in [-0.4, -0.2) is 0 Å². The Hall–Kier alpha value is -2.22. The molecule has 0 aromatic heterocycles. The van der Waals surface area contributed by atoms with E-state index >= 15 is 0 Å². The van der Waals surface area contributed by atoms with Crippen molar-refractivity contribution in [3.63, 3.8) is 0 Å². The van der Waals surface area contributed by atoms with Crippen LogP contribution in [0.3, 0.4) is 0 Å². The number of aryl methyl sites for hydroxylation is 1. The molecule has 0 spiro atoms. The number of benzene rings is 2. The normalized spacial score (nSPS) is 25.2.